The second-order valence-corrected chi connectivity index (χ2v) is 7.84. The van der Waals surface area contributed by atoms with Gasteiger partial charge < -0.3 is 10.1 Å². The van der Waals surface area contributed by atoms with Crippen LogP contribution in [0.15, 0.2) is 16.3 Å². The molecule has 2 heterocycles. The normalized spacial score (nSPS) is 19.4. The molecule has 1 atom stereocenters. The van der Waals surface area contributed by atoms with Crippen LogP contribution in [0.4, 0.5) is 0 Å². The topological polar surface area (TPSA) is 75.7 Å². The van der Waals surface area contributed by atoms with E-state index in [0.29, 0.717) is 11.4 Å². The second kappa shape index (κ2) is 6.21. The van der Waals surface area contributed by atoms with E-state index >= 15 is 0 Å². The van der Waals surface area contributed by atoms with Crippen LogP contribution < -0.4 is 5.32 Å². The van der Waals surface area contributed by atoms with Gasteiger partial charge in [-0.05, 0) is 18.9 Å². The van der Waals surface area contributed by atoms with E-state index in [-0.39, 0.29) is 16.9 Å². The average Bonchev–Trinajstić information content (AvgIpc) is 3.07. The highest BCUT2D eigenvalue weighted by Crippen LogP contribution is 2.21. The maximum atomic E-state index is 11.9. The highest BCUT2D eigenvalue weighted by molar-refractivity contribution is 7.89. The Kier molecular flexibility index (Phi) is 4.79. The molecule has 6 nitrogen and oxygen atoms in total. The molecule has 0 aliphatic carbocycles. The lowest BCUT2D eigenvalue weighted by Gasteiger charge is -2.10. The maximum Gasteiger partial charge on any atom is 0.261 e. The molecule has 0 spiro atoms. The molecular formula is C12H18N2O4S2. The summed E-state index contributed by atoms with van der Waals surface area (Å²) < 4.78 is 30.4. The number of amides is 1. The molecule has 0 aromatic carbocycles. The summed E-state index contributed by atoms with van der Waals surface area (Å²) in [5.74, 6) is -0.259. The summed E-state index contributed by atoms with van der Waals surface area (Å²) in [4.78, 5) is 12.5. The molecule has 0 unspecified atom stereocenters. The van der Waals surface area contributed by atoms with Gasteiger partial charge in [0.05, 0.1) is 15.9 Å². The van der Waals surface area contributed by atoms with Gasteiger partial charge in [-0.2, -0.15) is 0 Å². The maximum absolute atomic E-state index is 11.9. The van der Waals surface area contributed by atoms with Crippen molar-refractivity contribution in [1.82, 2.24) is 9.62 Å². The Morgan fingerprint density at radius 1 is 1.55 bits per heavy atom. The first-order valence-corrected chi connectivity index (χ1v) is 8.64. The van der Waals surface area contributed by atoms with E-state index in [1.165, 1.54) is 25.5 Å². The molecule has 1 aliphatic rings. The molecule has 0 saturated carbocycles. The summed E-state index contributed by atoms with van der Waals surface area (Å²) in [6.07, 6.45) is 2.04. The summed E-state index contributed by atoms with van der Waals surface area (Å²) in [5.41, 5.74) is 0. The SMILES string of the molecule is CN(C)S(=O)(=O)c1csc(C(=O)NC[C@H]2CCCO2)c1. The quantitative estimate of drug-likeness (QED) is 0.875. The molecule has 8 heteroatoms. The number of hydrogen-bond acceptors (Lipinski definition) is 5. The summed E-state index contributed by atoms with van der Waals surface area (Å²) in [6.45, 7) is 1.21. The number of nitrogens with one attached hydrogen (secondary N) is 1. The van der Waals surface area contributed by atoms with Crippen molar-refractivity contribution >= 4 is 27.3 Å². The lowest BCUT2D eigenvalue weighted by molar-refractivity contribution is 0.0861. The molecule has 1 amide bonds. The van der Waals surface area contributed by atoms with Gasteiger partial charge in [0.25, 0.3) is 5.91 Å². The summed E-state index contributed by atoms with van der Waals surface area (Å²) in [7, 11) is -0.556. The van der Waals surface area contributed by atoms with Crippen LogP contribution in [0.2, 0.25) is 0 Å². The van der Waals surface area contributed by atoms with Gasteiger partial charge in [-0.1, -0.05) is 0 Å². The van der Waals surface area contributed by atoms with Crippen molar-refractivity contribution in [3.63, 3.8) is 0 Å². The van der Waals surface area contributed by atoms with Crippen molar-refractivity contribution in [3.05, 3.63) is 16.3 Å². The summed E-state index contributed by atoms with van der Waals surface area (Å²) >= 11 is 1.13. The van der Waals surface area contributed by atoms with E-state index in [2.05, 4.69) is 5.32 Å². The zero-order chi connectivity index (χ0) is 14.8. The van der Waals surface area contributed by atoms with Crippen LogP contribution in [0, 0.1) is 0 Å². The van der Waals surface area contributed by atoms with Crippen LogP contribution in [0.3, 0.4) is 0 Å². The zero-order valence-corrected chi connectivity index (χ0v) is 13.1. The Labute approximate surface area is 122 Å². The minimum atomic E-state index is -3.48. The number of nitrogens with zero attached hydrogens (tertiary/aromatic N) is 1. The fourth-order valence-electron chi connectivity index (χ4n) is 1.88. The molecule has 1 aromatic rings. The third kappa shape index (κ3) is 3.38. The van der Waals surface area contributed by atoms with Crippen LogP contribution in [-0.4, -0.2) is 52.0 Å². The molecule has 1 saturated heterocycles. The Morgan fingerprint density at radius 2 is 2.30 bits per heavy atom. The fourth-order valence-corrected chi connectivity index (χ4v) is 3.96. The standard InChI is InChI=1S/C12H18N2O4S2/c1-14(2)20(16,17)10-6-11(19-8-10)12(15)13-7-9-4-3-5-18-9/h6,8-9H,3-5,7H2,1-2H3,(H,13,15)/t9-/m1/s1. The molecule has 112 valence electrons. The van der Waals surface area contributed by atoms with Gasteiger partial charge in [-0.3, -0.25) is 4.79 Å². The van der Waals surface area contributed by atoms with E-state index < -0.39 is 10.0 Å². The van der Waals surface area contributed by atoms with Gasteiger partial charge in [0.2, 0.25) is 10.0 Å². The third-order valence-electron chi connectivity index (χ3n) is 3.09. The van der Waals surface area contributed by atoms with Gasteiger partial charge in [0, 0.05) is 32.6 Å². The van der Waals surface area contributed by atoms with E-state index in [9.17, 15) is 13.2 Å². The predicted molar refractivity (Wildman–Crippen MR) is 76.5 cm³/mol. The first-order chi connectivity index (χ1) is 9.41. The predicted octanol–water partition coefficient (Wildman–Crippen LogP) is 0.907. The Morgan fingerprint density at radius 3 is 2.90 bits per heavy atom. The highest BCUT2D eigenvalue weighted by Gasteiger charge is 2.22. The zero-order valence-electron chi connectivity index (χ0n) is 11.5. The molecule has 2 rings (SSSR count). The van der Waals surface area contributed by atoms with Crippen molar-refractivity contribution < 1.29 is 17.9 Å². The smallest absolute Gasteiger partial charge is 0.261 e. The van der Waals surface area contributed by atoms with Crippen LogP contribution >= 0.6 is 11.3 Å². The van der Waals surface area contributed by atoms with Crippen molar-refractivity contribution in [2.24, 2.45) is 0 Å². The van der Waals surface area contributed by atoms with Crippen molar-refractivity contribution in [1.29, 1.82) is 0 Å². The number of hydrogen-bond donors (Lipinski definition) is 1. The van der Waals surface area contributed by atoms with Gasteiger partial charge in [-0.25, -0.2) is 12.7 Å². The monoisotopic (exact) mass is 318 g/mol. The van der Waals surface area contributed by atoms with E-state index in [0.717, 1.165) is 35.1 Å². The minimum Gasteiger partial charge on any atom is -0.376 e. The second-order valence-electron chi connectivity index (χ2n) is 4.78. The van der Waals surface area contributed by atoms with Crippen molar-refractivity contribution in [3.8, 4) is 0 Å². The van der Waals surface area contributed by atoms with E-state index in [4.69, 9.17) is 4.74 Å². The molecule has 1 fully saturated rings. The number of ether oxygens (including phenoxy) is 1. The first kappa shape index (κ1) is 15.4. The lowest BCUT2D eigenvalue weighted by atomic mass is 10.2. The lowest BCUT2D eigenvalue weighted by Crippen LogP contribution is -2.31. The van der Waals surface area contributed by atoms with E-state index in [1.807, 2.05) is 0 Å². The van der Waals surface area contributed by atoms with Crippen LogP contribution in [-0.2, 0) is 14.8 Å². The minimum absolute atomic E-state index is 0.0730. The first-order valence-electron chi connectivity index (χ1n) is 6.32. The molecule has 20 heavy (non-hydrogen) atoms. The van der Waals surface area contributed by atoms with Gasteiger partial charge in [-0.15, -0.1) is 11.3 Å². The van der Waals surface area contributed by atoms with Gasteiger partial charge in [0.1, 0.15) is 0 Å². The van der Waals surface area contributed by atoms with Gasteiger partial charge >= 0.3 is 0 Å². The number of carbonyl (C=O) groups excluding carboxylic acids is 1. The van der Waals surface area contributed by atoms with Crippen LogP contribution in [0.1, 0.15) is 22.5 Å². The molecular weight excluding hydrogens is 300 g/mol. The number of rotatable bonds is 5. The summed E-state index contributed by atoms with van der Waals surface area (Å²) in [5, 5.41) is 4.26. The van der Waals surface area contributed by atoms with Crippen molar-refractivity contribution in [2.45, 2.75) is 23.8 Å². The third-order valence-corrected chi connectivity index (χ3v) is 5.96. The fraction of sp³-hybridized carbons (Fsp3) is 0.583. The Bertz CT molecular complexity index is 574. The summed E-state index contributed by atoms with van der Waals surface area (Å²) in [6, 6.07) is 1.41. The molecule has 1 N–H and O–H groups in total. The average molecular weight is 318 g/mol. The van der Waals surface area contributed by atoms with Crippen LogP contribution in [0.5, 0.6) is 0 Å². The molecule has 0 radical (unpaired) electrons. The highest BCUT2D eigenvalue weighted by atomic mass is 32.2. The molecule has 0 bridgehead atoms. The largest absolute Gasteiger partial charge is 0.376 e. The number of carbonyl (C=O) groups is 1. The molecule has 1 aliphatic heterocycles. The number of thiophene rings is 1. The molecule has 1 aromatic heterocycles. The Balaban J connectivity index is 1.99. The van der Waals surface area contributed by atoms with Crippen LogP contribution in [0.25, 0.3) is 0 Å². The van der Waals surface area contributed by atoms with Gasteiger partial charge in [0.15, 0.2) is 0 Å². The Hall–Kier alpha value is -0.960. The van der Waals surface area contributed by atoms with E-state index in [1.54, 1.807) is 0 Å². The van der Waals surface area contributed by atoms with Crippen molar-refractivity contribution in [2.75, 3.05) is 27.2 Å². The number of sulfonamides is 1.